The lowest BCUT2D eigenvalue weighted by Crippen LogP contribution is -2.41. The van der Waals surface area contributed by atoms with Crippen LogP contribution in [0, 0.1) is 0 Å². The third kappa shape index (κ3) is 12.7. The smallest absolute Gasteiger partial charge is 0.333 e. The first kappa shape index (κ1) is 24.4. The van der Waals surface area contributed by atoms with Gasteiger partial charge in [0.05, 0.1) is 0 Å². The van der Waals surface area contributed by atoms with Gasteiger partial charge >= 0.3 is 5.97 Å². The van der Waals surface area contributed by atoms with Crippen molar-refractivity contribution in [2.45, 2.75) is 110 Å². The molecule has 0 aliphatic rings. The lowest BCUT2D eigenvalue weighted by molar-refractivity contribution is -0.703. The highest BCUT2D eigenvalue weighted by Gasteiger charge is 2.19. The van der Waals surface area contributed by atoms with E-state index in [-0.39, 0.29) is 12.1 Å². The van der Waals surface area contributed by atoms with E-state index in [1.54, 1.807) is 6.92 Å². The molecule has 0 saturated carbocycles. The van der Waals surface area contributed by atoms with Gasteiger partial charge in [0.25, 0.3) is 0 Å². The van der Waals surface area contributed by atoms with Crippen LogP contribution in [-0.4, -0.2) is 12.1 Å². The average Bonchev–Trinajstić information content (AvgIpc) is 2.69. The van der Waals surface area contributed by atoms with Crippen LogP contribution < -0.4 is 4.57 Å². The summed E-state index contributed by atoms with van der Waals surface area (Å²) in [6.07, 6.45) is 20.9. The molecule has 28 heavy (non-hydrogen) atoms. The number of ether oxygens (including phenoxy) is 1. The van der Waals surface area contributed by atoms with Crippen molar-refractivity contribution in [3.63, 3.8) is 0 Å². The van der Waals surface area contributed by atoms with E-state index >= 15 is 0 Å². The molecule has 0 bridgehead atoms. The Kier molecular flexibility index (Phi) is 14.2. The molecule has 158 valence electrons. The molecule has 1 aromatic heterocycles. The Bertz CT molecular complexity index is 527. The topological polar surface area (TPSA) is 30.2 Å². The van der Waals surface area contributed by atoms with E-state index in [0.29, 0.717) is 12.1 Å². The van der Waals surface area contributed by atoms with Crippen molar-refractivity contribution in [3.8, 4) is 0 Å². The maximum absolute atomic E-state index is 11.9. The third-order valence-electron chi connectivity index (χ3n) is 5.19. The molecule has 0 fully saturated rings. The minimum atomic E-state index is -0.277. The maximum Gasteiger partial charge on any atom is 0.333 e. The van der Waals surface area contributed by atoms with Gasteiger partial charge in [0.1, 0.15) is 0 Å². The molecule has 3 heteroatoms. The molecule has 0 N–H and O–H groups in total. The first-order valence-corrected chi connectivity index (χ1v) is 11.4. The fourth-order valence-corrected chi connectivity index (χ4v) is 3.44. The summed E-state index contributed by atoms with van der Waals surface area (Å²) in [6, 6.07) is 6.00. The Morgan fingerprint density at radius 2 is 1.36 bits per heavy atom. The van der Waals surface area contributed by atoms with Crippen LogP contribution in [-0.2, 0) is 16.1 Å². The molecule has 0 amide bonds. The van der Waals surface area contributed by atoms with Crippen LogP contribution >= 0.6 is 0 Å². The van der Waals surface area contributed by atoms with E-state index in [0.717, 1.165) is 12.8 Å². The Morgan fingerprint density at radius 1 is 0.857 bits per heavy atom. The van der Waals surface area contributed by atoms with Crippen LogP contribution in [0.5, 0.6) is 0 Å². The number of rotatable bonds is 17. The van der Waals surface area contributed by atoms with Gasteiger partial charge in [-0.2, -0.15) is 0 Å². The number of pyridine rings is 1. The Balaban J connectivity index is 2.15. The second kappa shape index (κ2) is 16.3. The number of nitrogens with zero attached hydrogens (tertiary/aromatic N) is 1. The van der Waals surface area contributed by atoms with Gasteiger partial charge in [-0.15, -0.1) is 0 Å². The predicted molar refractivity (Wildman–Crippen MR) is 117 cm³/mol. The van der Waals surface area contributed by atoms with E-state index in [2.05, 4.69) is 18.1 Å². The lowest BCUT2D eigenvalue weighted by atomic mass is 10.0. The van der Waals surface area contributed by atoms with Crippen molar-refractivity contribution in [1.29, 1.82) is 0 Å². The summed E-state index contributed by atoms with van der Waals surface area (Å²) >= 11 is 0. The number of hydrogen-bond acceptors (Lipinski definition) is 2. The van der Waals surface area contributed by atoms with Crippen molar-refractivity contribution in [3.05, 3.63) is 42.7 Å². The van der Waals surface area contributed by atoms with Crippen LogP contribution in [0.2, 0.25) is 0 Å². The van der Waals surface area contributed by atoms with Crippen LogP contribution in [0.15, 0.2) is 42.7 Å². The van der Waals surface area contributed by atoms with Crippen LogP contribution in [0.1, 0.15) is 97.3 Å². The second-order valence-electron chi connectivity index (χ2n) is 8.06. The van der Waals surface area contributed by atoms with Gasteiger partial charge in [-0.1, -0.05) is 90.2 Å². The van der Waals surface area contributed by atoms with E-state index in [4.69, 9.17) is 4.74 Å². The normalized spacial score (nSPS) is 11.9. The number of esters is 1. The zero-order valence-corrected chi connectivity index (χ0v) is 18.3. The molecule has 3 nitrogen and oxygen atoms in total. The Labute approximate surface area is 173 Å². The highest BCUT2D eigenvalue weighted by molar-refractivity contribution is 5.87. The quantitative estimate of drug-likeness (QED) is 0.131. The minimum Gasteiger partial charge on any atom is -0.452 e. The molecule has 1 atom stereocenters. The predicted octanol–water partition coefficient (Wildman–Crippen LogP) is 6.55. The molecule has 0 radical (unpaired) electrons. The molecular formula is C25H42NO2+. The van der Waals surface area contributed by atoms with Crippen molar-refractivity contribution in [2.24, 2.45) is 0 Å². The summed E-state index contributed by atoms with van der Waals surface area (Å²) in [5.74, 6) is -0.277. The summed E-state index contributed by atoms with van der Waals surface area (Å²) < 4.78 is 7.74. The van der Waals surface area contributed by atoms with Gasteiger partial charge in [-0.25, -0.2) is 9.36 Å². The lowest BCUT2D eigenvalue weighted by Gasteiger charge is -2.15. The van der Waals surface area contributed by atoms with Crippen molar-refractivity contribution in [1.82, 2.24) is 0 Å². The fraction of sp³-hybridized carbons (Fsp3) is 0.680. The third-order valence-corrected chi connectivity index (χ3v) is 5.19. The van der Waals surface area contributed by atoms with Gasteiger partial charge < -0.3 is 4.74 Å². The van der Waals surface area contributed by atoms with E-state index in [1.807, 2.05) is 30.6 Å². The number of carbonyl (C=O) groups excluding carboxylic acids is 1. The van der Waals surface area contributed by atoms with Gasteiger partial charge in [0, 0.05) is 17.7 Å². The number of aromatic nitrogens is 1. The first-order valence-electron chi connectivity index (χ1n) is 11.4. The monoisotopic (exact) mass is 388 g/mol. The number of hydrogen-bond donors (Lipinski definition) is 0. The Hall–Kier alpha value is -1.64. The van der Waals surface area contributed by atoms with E-state index in [1.165, 1.54) is 70.6 Å². The fourth-order valence-electron chi connectivity index (χ4n) is 3.44. The van der Waals surface area contributed by atoms with Crippen molar-refractivity contribution < 1.29 is 14.1 Å². The molecule has 0 spiro atoms. The summed E-state index contributed by atoms with van der Waals surface area (Å²) in [4.78, 5) is 11.9. The zero-order valence-electron chi connectivity index (χ0n) is 18.3. The molecule has 1 rings (SSSR count). The summed E-state index contributed by atoms with van der Waals surface area (Å²) in [5.41, 5.74) is 0.470. The molecular weight excluding hydrogens is 346 g/mol. The van der Waals surface area contributed by atoms with E-state index < -0.39 is 0 Å². The molecule has 0 saturated heterocycles. The van der Waals surface area contributed by atoms with Crippen molar-refractivity contribution >= 4 is 5.97 Å². The second-order valence-corrected chi connectivity index (χ2v) is 8.06. The van der Waals surface area contributed by atoms with Gasteiger partial charge in [0.2, 0.25) is 0 Å². The highest BCUT2D eigenvalue weighted by Crippen LogP contribution is 2.14. The molecule has 0 aliphatic carbocycles. The van der Waals surface area contributed by atoms with E-state index in [9.17, 15) is 4.79 Å². The van der Waals surface area contributed by atoms with Gasteiger partial charge in [-0.3, -0.25) is 0 Å². The molecule has 0 aliphatic heterocycles. The van der Waals surface area contributed by atoms with Crippen LogP contribution in [0.25, 0.3) is 0 Å². The first-order chi connectivity index (χ1) is 13.6. The molecule has 0 aromatic carbocycles. The standard InChI is InChI=1S/C25H42NO2/c1-4-5-6-7-8-9-10-11-12-13-14-16-19-24(28-25(27)23(2)3)22-26-20-17-15-18-21-26/h15,17-18,20-21,24H,2,4-14,16,19,22H2,1,3H3/q+1. The minimum absolute atomic E-state index is 0.0836. The largest absolute Gasteiger partial charge is 0.452 e. The summed E-state index contributed by atoms with van der Waals surface area (Å²) in [7, 11) is 0. The van der Waals surface area contributed by atoms with Crippen LogP contribution in [0.4, 0.5) is 0 Å². The molecule has 1 heterocycles. The van der Waals surface area contributed by atoms with Gasteiger partial charge in [-0.05, 0) is 19.8 Å². The SMILES string of the molecule is C=C(C)C(=O)OC(CCCCCCCCCCCCCC)C[n+]1ccccc1. The zero-order chi connectivity index (χ0) is 20.5. The Morgan fingerprint density at radius 3 is 1.86 bits per heavy atom. The van der Waals surface area contributed by atoms with Crippen LogP contribution in [0.3, 0.4) is 0 Å². The number of unbranched alkanes of at least 4 members (excludes halogenated alkanes) is 11. The number of carbonyl (C=O) groups is 1. The molecule has 1 unspecified atom stereocenters. The van der Waals surface area contributed by atoms with Gasteiger partial charge in [0.15, 0.2) is 25.0 Å². The molecule has 1 aromatic rings. The van der Waals surface area contributed by atoms with Crippen molar-refractivity contribution in [2.75, 3.05) is 0 Å². The highest BCUT2D eigenvalue weighted by atomic mass is 16.5. The summed E-state index contributed by atoms with van der Waals surface area (Å²) in [6.45, 7) is 8.38. The maximum atomic E-state index is 11.9. The summed E-state index contributed by atoms with van der Waals surface area (Å²) in [5, 5.41) is 0. The average molecular weight is 389 g/mol.